The Balaban J connectivity index is 1.55. The van der Waals surface area contributed by atoms with Gasteiger partial charge in [0, 0.05) is 10.0 Å². The van der Waals surface area contributed by atoms with Gasteiger partial charge >= 0.3 is 0 Å². The van der Waals surface area contributed by atoms with E-state index >= 15 is 0 Å². The molecule has 4 rings (SSSR count). The number of thioether (sulfide) groups is 1. The van der Waals surface area contributed by atoms with Crippen LogP contribution in [0.1, 0.15) is 23.6 Å². The topological polar surface area (TPSA) is 55.8 Å². The number of imide groups is 1. The number of carbonyl (C=O) groups is 2. The van der Waals surface area contributed by atoms with Crippen LogP contribution in [-0.2, 0) is 17.9 Å². The molecule has 5 nitrogen and oxygen atoms in total. The number of amides is 2. The fourth-order valence-electron chi connectivity index (χ4n) is 3.40. The molecule has 1 aliphatic rings. The largest absolute Gasteiger partial charge is 0.490 e. The molecular weight excluding hydrogens is 573 g/mol. The molecule has 1 aliphatic heterocycles. The molecule has 1 fully saturated rings. The van der Waals surface area contributed by atoms with Crippen molar-refractivity contribution in [2.45, 2.75) is 20.1 Å². The molecule has 9 heteroatoms. The Morgan fingerprint density at radius 3 is 2.49 bits per heavy atom. The summed E-state index contributed by atoms with van der Waals surface area (Å²) in [5, 5.41) is 0.828. The van der Waals surface area contributed by atoms with Gasteiger partial charge in [-0.15, -0.1) is 0 Å². The number of halogens is 3. The lowest BCUT2D eigenvalue weighted by Crippen LogP contribution is -2.27. The van der Waals surface area contributed by atoms with Gasteiger partial charge in [-0.05, 0) is 87.7 Å². The van der Waals surface area contributed by atoms with Gasteiger partial charge in [-0.3, -0.25) is 14.5 Å². The van der Waals surface area contributed by atoms with Gasteiger partial charge in [-0.25, -0.2) is 0 Å². The van der Waals surface area contributed by atoms with Crippen LogP contribution in [0.3, 0.4) is 0 Å². The maximum atomic E-state index is 13.0. The Kier molecular flexibility index (Phi) is 8.44. The van der Waals surface area contributed by atoms with Crippen LogP contribution >= 0.6 is 50.9 Å². The van der Waals surface area contributed by atoms with Gasteiger partial charge in [0.2, 0.25) is 0 Å². The average molecular weight is 593 g/mol. The lowest BCUT2D eigenvalue weighted by atomic mass is 10.1. The van der Waals surface area contributed by atoms with Gasteiger partial charge in [0.25, 0.3) is 11.1 Å². The first-order chi connectivity index (χ1) is 16.9. The van der Waals surface area contributed by atoms with Crippen LogP contribution in [0.25, 0.3) is 6.08 Å². The quantitative estimate of drug-likeness (QED) is 0.248. The van der Waals surface area contributed by atoms with Crippen LogP contribution < -0.4 is 9.47 Å². The molecule has 0 saturated carbocycles. The average Bonchev–Trinajstić information content (AvgIpc) is 3.08. The summed E-state index contributed by atoms with van der Waals surface area (Å²) in [7, 11) is 0. The fraction of sp³-hybridized carbons (Fsp3) is 0.154. The molecule has 180 valence electrons. The highest BCUT2D eigenvalue weighted by molar-refractivity contribution is 9.10. The number of ether oxygens (including phenoxy) is 2. The van der Waals surface area contributed by atoms with E-state index in [9.17, 15) is 9.59 Å². The van der Waals surface area contributed by atoms with Gasteiger partial charge in [0.1, 0.15) is 6.61 Å². The van der Waals surface area contributed by atoms with Gasteiger partial charge in [-0.2, -0.15) is 0 Å². The van der Waals surface area contributed by atoms with Crippen molar-refractivity contribution in [3.63, 3.8) is 0 Å². The molecule has 0 atom stereocenters. The minimum atomic E-state index is -0.364. The van der Waals surface area contributed by atoms with Crippen molar-refractivity contribution in [1.82, 2.24) is 4.90 Å². The first kappa shape index (κ1) is 25.6. The van der Waals surface area contributed by atoms with Crippen LogP contribution in [0.5, 0.6) is 11.5 Å². The molecule has 2 amide bonds. The number of hydrogen-bond donors (Lipinski definition) is 0. The minimum absolute atomic E-state index is 0.118. The van der Waals surface area contributed by atoms with Crippen molar-refractivity contribution >= 4 is 68.1 Å². The predicted molar refractivity (Wildman–Crippen MR) is 144 cm³/mol. The van der Waals surface area contributed by atoms with Crippen LogP contribution in [0, 0.1) is 0 Å². The molecule has 0 N–H and O–H groups in total. The van der Waals surface area contributed by atoms with Crippen LogP contribution in [0.15, 0.2) is 70.0 Å². The monoisotopic (exact) mass is 591 g/mol. The van der Waals surface area contributed by atoms with E-state index < -0.39 is 0 Å². The van der Waals surface area contributed by atoms with Gasteiger partial charge in [0.05, 0.1) is 22.5 Å². The van der Waals surface area contributed by atoms with Crippen molar-refractivity contribution in [1.29, 1.82) is 0 Å². The van der Waals surface area contributed by atoms with Gasteiger partial charge in [0.15, 0.2) is 11.5 Å². The van der Waals surface area contributed by atoms with Crippen molar-refractivity contribution in [3.8, 4) is 11.5 Å². The molecule has 0 aliphatic carbocycles. The van der Waals surface area contributed by atoms with E-state index in [2.05, 4.69) is 15.9 Å². The van der Waals surface area contributed by atoms with Crippen LogP contribution in [0.4, 0.5) is 4.79 Å². The molecule has 35 heavy (non-hydrogen) atoms. The van der Waals surface area contributed by atoms with E-state index in [0.29, 0.717) is 55.3 Å². The van der Waals surface area contributed by atoms with Crippen LogP contribution in [0.2, 0.25) is 10.0 Å². The summed E-state index contributed by atoms with van der Waals surface area (Å²) in [4.78, 5) is 27.1. The van der Waals surface area contributed by atoms with Crippen molar-refractivity contribution in [2.75, 3.05) is 6.61 Å². The lowest BCUT2D eigenvalue weighted by Gasteiger charge is -2.15. The third-order valence-electron chi connectivity index (χ3n) is 5.09. The molecule has 0 spiro atoms. The fourth-order valence-corrected chi connectivity index (χ4v) is 5.13. The zero-order valence-electron chi connectivity index (χ0n) is 18.6. The molecule has 1 heterocycles. The SMILES string of the molecule is CCOc1cc(/C=C2\SC(=O)N(Cc3ccccc3Cl)C2=O)cc(Br)c1OCc1ccc(Cl)cc1. The Hall–Kier alpha value is -2.45. The Morgan fingerprint density at radius 2 is 1.77 bits per heavy atom. The van der Waals surface area contributed by atoms with E-state index in [1.165, 1.54) is 4.90 Å². The van der Waals surface area contributed by atoms with E-state index in [0.717, 1.165) is 17.3 Å². The summed E-state index contributed by atoms with van der Waals surface area (Å²) in [6.45, 7) is 2.76. The second-order valence-electron chi connectivity index (χ2n) is 7.54. The molecule has 3 aromatic rings. The van der Waals surface area contributed by atoms with E-state index in [1.807, 2.05) is 31.2 Å². The molecule has 0 radical (unpaired) electrons. The molecule has 0 bridgehead atoms. The summed E-state index contributed by atoms with van der Waals surface area (Å²) in [6, 6.07) is 18.2. The summed E-state index contributed by atoms with van der Waals surface area (Å²) in [5.41, 5.74) is 2.36. The Morgan fingerprint density at radius 1 is 1.03 bits per heavy atom. The summed E-state index contributed by atoms with van der Waals surface area (Å²) in [5.74, 6) is 0.709. The maximum Gasteiger partial charge on any atom is 0.293 e. The van der Waals surface area contributed by atoms with E-state index in [1.54, 1.807) is 42.5 Å². The van der Waals surface area contributed by atoms with E-state index in [-0.39, 0.29) is 17.7 Å². The summed E-state index contributed by atoms with van der Waals surface area (Å²) in [6.07, 6.45) is 1.67. The number of hydrogen-bond acceptors (Lipinski definition) is 5. The highest BCUT2D eigenvalue weighted by Crippen LogP contribution is 2.40. The van der Waals surface area contributed by atoms with Crippen molar-refractivity contribution in [2.24, 2.45) is 0 Å². The van der Waals surface area contributed by atoms with Crippen LogP contribution in [-0.4, -0.2) is 22.7 Å². The normalized spacial score (nSPS) is 14.6. The van der Waals surface area contributed by atoms with Crippen molar-refractivity contribution < 1.29 is 19.1 Å². The predicted octanol–water partition coefficient (Wildman–Crippen LogP) is 7.97. The first-order valence-corrected chi connectivity index (χ1v) is 13.0. The van der Waals surface area contributed by atoms with Gasteiger partial charge < -0.3 is 9.47 Å². The molecule has 0 unspecified atom stereocenters. The molecule has 1 saturated heterocycles. The van der Waals surface area contributed by atoms with Crippen molar-refractivity contribution in [3.05, 3.63) is 96.8 Å². The van der Waals surface area contributed by atoms with E-state index in [4.69, 9.17) is 32.7 Å². The van der Waals surface area contributed by atoms with Gasteiger partial charge in [-0.1, -0.05) is 53.5 Å². The highest BCUT2D eigenvalue weighted by atomic mass is 79.9. The standard InChI is InChI=1S/C26H20BrCl2NO4S/c1-2-33-22-12-17(11-20(27)24(22)34-15-16-7-9-19(28)10-8-16)13-23-25(31)30(26(32)35-23)14-18-5-3-4-6-21(18)29/h3-13H,2,14-15H2,1H3/b23-13-. The first-order valence-electron chi connectivity index (χ1n) is 10.7. The molecular formula is C26H20BrCl2NO4S. The Labute approximate surface area is 226 Å². The smallest absolute Gasteiger partial charge is 0.293 e. The third kappa shape index (κ3) is 6.22. The molecule has 0 aromatic heterocycles. The summed E-state index contributed by atoms with van der Waals surface area (Å²) >= 11 is 16.6. The second-order valence-corrected chi connectivity index (χ2v) is 10.2. The number of rotatable bonds is 8. The zero-order chi connectivity index (χ0) is 24.9. The summed E-state index contributed by atoms with van der Waals surface area (Å²) < 4.78 is 12.5. The molecule has 3 aromatic carbocycles. The highest BCUT2D eigenvalue weighted by Gasteiger charge is 2.35. The lowest BCUT2D eigenvalue weighted by molar-refractivity contribution is -0.123. The maximum absolute atomic E-state index is 13.0. The number of benzene rings is 3. The second kappa shape index (κ2) is 11.5. The minimum Gasteiger partial charge on any atom is -0.490 e. The zero-order valence-corrected chi connectivity index (χ0v) is 22.5. The third-order valence-corrected chi connectivity index (χ3v) is 7.20. The number of carbonyl (C=O) groups excluding carboxylic acids is 2. The Bertz CT molecular complexity index is 1300. The number of nitrogens with zero attached hydrogens (tertiary/aromatic N) is 1.